The smallest absolute Gasteiger partial charge is 0.329 e. The number of benzene rings is 1. The summed E-state index contributed by atoms with van der Waals surface area (Å²) in [6.45, 7) is 0.982. The molecule has 2 N–H and O–H groups in total. The molecule has 1 aromatic carbocycles. The number of carboxylic acid groups (broad SMARTS) is 1. The van der Waals surface area contributed by atoms with Crippen molar-refractivity contribution in [3.8, 4) is 5.75 Å². The Bertz CT molecular complexity index is 489. The molecule has 1 amide bonds. The molecular weight excluding hydrogens is 318 g/mol. The molecule has 104 valence electrons. The van der Waals surface area contributed by atoms with E-state index in [0.717, 1.165) is 10.0 Å². The highest BCUT2D eigenvalue weighted by Crippen LogP contribution is 2.31. The molecule has 7 heteroatoms. The van der Waals surface area contributed by atoms with Crippen LogP contribution in [-0.4, -0.2) is 37.3 Å². The molecule has 0 saturated carbocycles. The monoisotopic (exact) mass is 331 g/mol. The average Bonchev–Trinajstić information content (AvgIpc) is 2.31. The molecule has 0 saturated heterocycles. The molecule has 0 spiro atoms. The van der Waals surface area contributed by atoms with E-state index in [-0.39, 0.29) is 6.61 Å². The number of carbonyl (C=O) groups excluding carboxylic acids is 1. The molecule has 0 unspecified atom stereocenters. The van der Waals surface area contributed by atoms with Crippen molar-refractivity contribution in [1.29, 1.82) is 0 Å². The van der Waals surface area contributed by atoms with E-state index in [1.54, 1.807) is 6.07 Å². The van der Waals surface area contributed by atoms with Crippen molar-refractivity contribution in [2.75, 3.05) is 25.6 Å². The Kier molecular flexibility index (Phi) is 5.78. The largest absolute Gasteiger partial charge is 0.495 e. The molecule has 0 aromatic heterocycles. The van der Waals surface area contributed by atoms with Gasteiger partial charge in [-0.25, -0.2) is 4.79 Å². The van der Waals surface area contributed by atoms with Gasteiger partial charge in [0, 0.05) is 4.47 Å². The normalized spacial score (nSPS) is 10.1. The first-order chi connectivity index (χ1) is 8.93. The Hall–Kier alpha value is -1.60. The van der Waals surface area contributed by atoms with Gasteiger partial charge < -0.3 is 19.9 Å². The van der Waals surface area contributed by atoms with Gasteiger partial charge in [0.1, 0.15) is 19.0 Å². The minimum atomic E-state index is -1.12. The number of methoxy groups -OCH3 is 1. The minimum absolute atomic E-state index is 0.328. The van der Waals surface area contributed by atoms with Crippen LogP contribution in [0, 0.1) is 6.92 Å². The molecule has 0 aliphatic carbocycles. The molecule has 19 heavy (non-hydrogen) atoms. The summed E-state index contributed by atoms with van der Waals surface area (Å²) in [5, 5.41) is 11.0. The van der Waals surface area contributed by atoms with Crippen LogP contribution in [0.3, 0.4) is 0 Å². The van der Waals surface area contributed by atoms with Crippen molar-refractivity contribution < 1.29 is 24.2 Å². The van der Waals surface area contributed by atoms with Crippen molar-refractivity contribution in [1.82, 2.24) is 0 Å². The summed E-state index contributed by atoms with van der Waals surface area (Å²) in [4.78, 5) is 21.9. The molecule has 0 fully saturated rings. The SMILES string of the molecule is COc1cc(Br)cc(C)c1NC(=O)COCC(=O)O. The number of nitrogens with one attached hydrogen (secondary N) is 1. The summed E-state index contributed by atoms with van der Waals surface area (Å²) >= 11 is 3.33. The molecule has 0 radical (unpaired) electrons. The predicted octanol–water partition coefficient (Wildman–Crippen LogP) is 1.81. The summed E-state index contributed by atoms with van der Waals surface area (Å²) in [6.07, 6.45) is 0. The zero-order valence-electron chi connectivity index (χ0n) is 10.5. The maximum absolute atomic E-state index is 11.6. The number of aliphatic carboxylic acids is 1. The molecular formula is C12H14BrNO5. The van der Waals surface area contributed by atoms with Crippen molar-refractivity contribution in [2.24, 2.45) is 0 Å². The zero-order valence-corrected chi connectivity index (χ0v) is 12.1. The van der Waals surface area contributed by atoms with E-state index in [4.69, 9.17) is 14.6 Å². The van der Waals surface area contributed by atoms with Gasteiger partial charge in [-0.05, 0) is 24.6 Å². The second-order valence-corrected chi connectivity index (χ2v) is 4.65. The number of ether oxygens (including phenoxy) is 2. The molecule has 0 atom stereocenters. The molecule has 1 rings (SSSR count). The summed E-state index contributed by atoms with van der Waals surface area (Å²) in [5.74, 6) is -1.05. The summed E-state index contributed by atoms with van der Waals surface area (Å²) in [5.41, 5.74) is 1.35. The number of hydrogen-bond acceptors (Lipinski definition) is 4. The highest BCUT2D eigenvalue weighted by Gasteiger charge is 2.12. The van der Waals surface area contributed by atoms with Gasteiger partial charge in [-0.3, -0.25) is 4.79 Å². The van der Waals surface area contributed by atoms with Gasteiger partial charge in [0.2, 0.25) is 5.91 Å². The quantitative estimate of drug-likeness (QED) is 0.830. The standard InChI is InChI=1S/C12H14BrNO5/c1-7-3-8(13)4-9(18-2)12(7)14-10(15)5-19-6-11(16)17/h3-4H,5-6H2,1-2H3,(H,14,15)(H,16,17). The van der Waals surface area contributed by atoms with Gasteiger partial charge in [0.15, 0.2) is 0 Å². The van der Waals surface area contributed by atoms with Crippen LogP contribution in [0.1, 0.15) is 5.56 Å². The van der Waals surface area contributed by atoms with E-state index in [0.29, 0.717) is 11.4 Å². The molecule has 1 aromatic rings. The van der Waals surface area contributed by atoms with E-state index in [9.17, 15) is 9.59 Å². The predicted molar refractivity (Wildman–Crippen MR) is 72.5 cm³/mol. The Morgan fingerprint density at radius 1 is 1.37 bits per heavy atom. The maximum Gasteiger partial charge on any atom is 0.329 e. The van der Waals surface area contributed by atoms with Crippen LogP contribution in [0.2, 0.25) is 0 Å². The lowest BCUT2D eigenvalue weighted by Gasteiger charge is -2.13. The van der Waals surface area contributed by atoms with Gasteiger partial charge in [-0.15, -0.1) is 0 Å². The number of carbonyl (C=O) groups is 2. The zero-order chi connectivity index (χ0) is 14.4. The Labute approximate surface area is 118 Å². The van der Waals surface area contributed by atoms with E-state index < -0.39 is 18.5 Å². The molecule has 0 bridgehead atoms. The number of halogens is 1. The first-order valence-electron chi connectivity index (χ1n) is 5.37. The third-order valence-corrected chi connectivity index (χ3v) is 2.66. The van der Waals surface area contributed by atoms with E-state index in [1.165, 1.54) is 7.11 Å². The van der Waals surface area contributed by atoms with Crippen LogP contribution in [0.4, 0.5) is 5.69 Å². The molecule has 0 aliphatic heterocycles. The van der Waals surface area contributed by atoms with Crippen LogP contribution in [-0.2, 0) is 14.3 Å². The topological polar surface area (TPSA) is 84.9 Å². The second kappa shape index (κ2) is 7.10. The number of hydrogen-bond donors (Lipinski definition) is 2. The minimum Gasteiger partial charge on any atom is -0.495 e. The van der Waals surface area contributed by atoms with E-state index in [1.807, 2.05) is 13.0 Å². The summed E-state index contributed by atoms with van der Waals surface area (Å²) in [6, 6.07) is 3.55. The van der Waals surface area contributed by atoms with Crippen LogP contribution in [0.5, 0.6) is 5.75 Å². The maximum atomic E-state index is 11.6. The number of carboxylic acids is 1. The van der Waals surface area contributed by atoms with E-state index >= 15 is 0 Å². The van der Waals surface area contributed by atoms with Gasteiger partial charge in [0.25, 0.3) is 0 Å². The lowest BCUT2D eigenvalue weighted by Crippen LogP contribution is -2.21. The highest BCUT2D eigenvalue weighted by atomic mass is 79.9. The van der Waals surface area contributed by atoms with Crippen LogP contribution in [0.25, 0.3) is 0 Å². The Morgan fingerprint density at radius 3 is 2.63 bits per heavy atom. The van der Waals surface area contributed by atoms with Crippen LogP contribution in [0.15, 0.2) is 16.6 Å². The Balaban J connectivity index is 2.71. The fourth-order valence-electron chi connectivity index (χ4n) is 1.44. The third-order valence-electron chi connectivity index (χ3n) is 2.21. The fourth-order valence-corrected chi connectivity index (χ4v) is 1.99. The second-order valence-electron chi connectivity index (χ2n) is 3.73. The van der Waals surface area contributed by atoms with Gasteiger partial charge in [-0.2, -0.15) is 0 Å². The van der Waals surface area contributed by atoms with Crippen LogP contribution < -0.4 is 10.1 Å². The molecule has 0 aliphatic rings. The van der Waals surface area contributed by atoms with Crippen molar-refractivity contribution in [2.45, 2.75) is 6.92 Å². The Morgan fingerprint density at radius 2 is 2.05 bits per heavy atom. The fraction of sp³-hybridized carbons (Fsp3) is 0.333. The van der Waals surface area contributed by atoms with Crippen molar-refractivity contribution >= 4 is 33.5 Å². The first-order valence-corrected chi connectivity index (χ1v) is 6.17. The number of amides is 1. The summed E-state index contributed by atoms with van der Waals surface area (Å²) in [7, 11) is 1.50. The van der Waals surface area contributed by atoms with Crippen molar-refractivity contribution in [3.63, 3.8) is 0 Å². The number of anilines is 1. The highest BCUT2D eigenvalue weighted by molar-refractivity contribution is 9.10. The lowest BCUT2D eigenvalue weighted by molar-refractivity contribution is -0.143. The molecule has 0 heterocycles. The van der Waals surface area contributed by atoms with E-state index in [2.05, 4.69) is 21.2 Å². The van der Waals surface area contributed by atoms with Crippen molar-refractivity contribution in [3.05, 3.63) is 22.2 Å². The van der Waals surface area contributed by atoms with Gasteiger partial charge >= 0.3 is 5.97 Å². The van der Waals surface area contributed by atoms with Crippen LogP contribution >= 0.6 is 15.9 Å². The number of aryl methyl sites for hydroxylation is 1. The number of rotatable bonds is 6. The van der Waals surface area contributed by atoms with Gasteiger partial charge in [-0.1, -0.05) is 15.9 Å². The average molecular weight is 332 g/mol. The third kappa shape index (κ3) is 4.88. The summed E-state index contributed by atoms with van der Waals surface area (Å²) < 4.78 is 10.7. The lowest BCUT2D eigenvalue weighted by atomic mass is 10.2. The molecule has 6 nitrogen and oxygen atoms in total. The first kappa shape index (κ1) is 15.5. The van der Waals surface area contributed by atoms with Gasteiger partial charge in [0.05, 0.1) is 12.8 Å².